The minimum Gasteiger partial charge on any atom is -0.493 e. The van der Waals surface area contributed by atoms with E-state index < -0.39 is 17.7 Å². The number of hydrogen-bond acceptors (Lipinski definition) is 5. The molecule has 3 aliphatic heterocycles. The van der Waals surface area contributed by atoms with Gasteiger partial charge in [-0.2, -0.15) is 0 Å². The molecule has 2 aromatic carbocycles. The van der Waals surface area contributed by atoms with Crippen LogP contribution in [0.5, 0.6) is 11.5 Å². The first kappa shape index (κ1) is 17.9. The van der Waals surface area contributed by atoms with Crippen LogP contribution in [0.15, 0.2) is 29.3 Å². The maximum atomic E-state index is 14.5. The fraction of sp³-hybridized carbons (Fsp3) is 0.333. The van der Waals surface area contributed by atoms with Gasteiger partial charge in [-0.1, -0.05) is 0 Å². The van der Waals surface area contributed by atoms with Gasteiger partial charge >= 0.3 is 0 Å². The van der Waals surface area contributed by atoms with E-state index in [1.54, 1.807) is 11.0 Å². The van der Waals surface area contributed by atoms with Crippen LogP contribution >= 0.6 is 0 Å². The Kier molecular flexibility index (Phi) is 4.15. The summed E-state index contributed by atoms with van der Waals surface area (Å²) >= 11 is 0. The molecule has 150 valence electrons. The summed E-state index contributed by atoms with van der Waals surface area (Å²) in [5.41, 5.74) is 2.59. The fourth-order valence-electron chi connectivity index (χ4n) is 3.87. The quantitative estimate of drug-likeness (QED) is 0.794. The highest BCUT2D eigenvalue weighted by molar-refractivity contribution is 6.01. The Hall–Kier alpha value is -3.16. The number of carbonyl (C=O) groups excluding carboxylic acids is 1. The highest BCUT2D eigenvalue weighted by atomic mass is 19.1. The number of nitrogens with zero attached hydrogens (tertiary/aromatic N) is 2. The lowest BCUT2D eigenvalue weighted by molar-refractivity contribution is -0.122. The fourth-order valence-corrected chi connectivity index (χ4v) is 3.87. The summed E-state index contributed by atoms with van der Waals surface area (Å²) < 4.78 is 39.8. The number of hydrogen-bond donors (Lipinski definition) is 1. The number of fused-ring (bicyclic) bond motifs is 2. The van der Waals surface area contributed by atoms with Gasteiger partial charge in [0.2, 0.25) is 5.91 Å². The number of ether oxygens (including phenoxy) is 2. The van der Waals surface area contributed by atoms with E-state index in [4.69, 9.17) is 9.47 Å². The Morgan fingerprint density at radius 1 is 1.28 bits per heavy atom. The molecule has 3 heterocycles. The molecule has 2 aromatic rings. The van der Waals surface area contributed by atoms with E-state index in [0.29, 0.717) is 38.3 Å². The van der Waals surface area contributed by atoms with Crippen LogP contribution in [0.3, 0.4) is 0 Å². The first-order valence-electron chi connectivity index (χ1n) is 9.53. The molecule has 0 radical (unpaired) electrons. The molecule has 6 nitrogen and oxygen atoms in total. The number of amides is 1. The summed E-state index contributed by atoms with van der Waals surface area (Å²) in [5, 5.41) is 3.22. The molecule has 0 aromatic heterocycles. The number of halogens is 2. The van der Waals surface area contributed by atoms with Crippen molar-refractivity contribution < 1.29 is 23.0 Å². The molecule has 1 atom stereocenters. The number of rotatable bonds is 3. The molecule has 0 saturated carbocycles. The number of benzene rings is 2. The normalized spacial score (nSPS) is 20.0. The van der Waals surface area contributed by atoms with E-state index >= 15 is 0 Å². The Morgan fingerprint density at radius 3 is 2.90 bits per heavy atom. The van der Waals surface area contributed by atoms with Crippen molar-refractivity contribution in [3.05, 3.63) is 47.0 Å². The number of carbonyl (C=O) groups is 1. The molecule has 8 heteroatoms. The molecule has 0 spiro atoms. The Balaban J connectivity index is 1.55. The number of β-lactam (4-membered cyclic amide) rings is 1. The van der Waals surface area contributed by atoms with Crippen molar-refractivity contribution in [3.63, 3.8) is 0 Å². The molecule has 5 rings (SSSR count). The molecule has 29 heavy (non-hydrogen) atoms. The van der Waals surface area contributed by atoms with Crippen LogP contribution in [0.25, 0.3) is 0 Å². The second-order valence-electron chi connectivity index (χ2n) is 7.34. The molecule has 1 amide bonds. The van der Waals surface area contributed by atoms with Gasteiger partial charge in [-0.3, -0.25) is 9.79 Å². The highest BCUT2D eigenvalue weighted by Gasteiger charge is 2.31. The third kappa shape index (κ3) is 3.08. The van der Waals surface area contributed by atoms with Crippen LogP contribution in [0, 0.1) is 11.6 Å². The Bertz CT molecular complexity index is 1050. The Morgan fingerprint density at radius 2 is 2.14 bits per heavy atom. The van der Waals surface area contributed by atoms with Gasteiger partial charge in [-0.25, -0.2) is 8.78 Å². The van der Waals surface area contributed by atoms with Gasteiger partial charge in [0.1, 0.15) is 29.2 Å². The summed E-state index contributed by atoms with van der Waals surface area (Å²) in [6.07, 6.45) is 0.309. The second kappa shape index (κ2) is 6.72. The van der Waals surface area contributed by atoms with Gasteiger partial charge in [0.15, 0.2) is 0 Å². The minimum atomic E-state index is -0.696. The third-order valence-corrected chi connectivity index (χ3v) is 5.41. The van der Waals surface area contributed by atoms with E-state index in [9.17, 15) is 13.6 Å². The topological polar surface area (TPSA) is 63.2 Å². The first-order chi connectivity index (χ1) is 14.0. The van der Waals surface area contributed by atoms with Gasteiger partial charge in [0.25, 0.3) is 0 Å². The standard InChI is InChI=1S/C21H19F2N3O3/c1-11-24-10-12-6-14(26-4-2-19(26)27)9-18(21(12)25-11)29-16-3-5-28-17-8-13(22)7-15(23)20(16)17/h6-9,16H,2-5,10H2,1H3,(H,24,25). The number of anilines is 2. The zero-order valence-electron chi connectivity index (χ0n) is 15.8. The van der Waals surface area contributed by atoms with Crippen molar-refractivity contribution in [3.8, 4) is 11.5 Å². The number of nitrogens with one attached hydrogen (secondary N) is 1. The SMILES string of the molecule is CC1=NCc2cc(N3CCC3=O)cc(OC3CCOc4cc(F)cc(F)c43)c2N1. The van der Waals surface area contributed by atoms with Crippen molar-refractivity contribution in [2.45, 2.75) is 32.4 Å². The van der Waals surface area contributed by atoms with Crippen molar-refractivity contribution in [2.75, 3.05) is 23.4 Å². The largest absolute Gasteiger partial charge is 0.493 e. The van der Waals surface area contributed by atoms with E-state index in [2.05, 4.69) is 10.3 Å². The molecule has 0 aliphatic carbocycles. The summed E-state index contributed by atoms with van der Waals surface area (Å²) in [7, 11) is 0. The predicted octanol–water partition coefficient (Wildman–Crippen LogP) is 3.95. The van der Waals surface area contributed by atoms with Crippen LogP contribution in [0.1, 0.15) is 37.0 Å². The van der Waals surface area contributed by atoms with Crippen molar-refractivity contribution in [1.29, 1.82) is 0 Å². The molecule has 1 fully saturated rings. The average Bonchev–Trinajstić information content (AvgIpc) is 2.67. The molecular formula is C21H19F2N3O3. The number of aliphatic imine (C=N–C) groups is 1. The zero-order valence-corrected chi connectivity index (χ0v) is 15.8. The lowest BCUT2D eigenvalue weighted by atomic mass is 10.0. The van der Waals surface area contributed by atoms with Gasteiger partial charge in [-0.15, -0.1) is 0 Å². The van der Waals surface area contributed by atoms with Crippen molar-refractivity contribution in [1.82, 2.24) is 0 Å². The van der Waals surface area contributed by atoms with Gasteiger partial charge in [0, 0.05) is 48.8 Å². The van der Waals surface area contributed by atoms with E-state index in [0.717, 1.165) is 28.8 Å². The van der Waals surface area contributed by atoms with Gasteiger partial charge < -0.3 is 19.7 Å². The third-order valence-electron chi connectivity index (χ3n) is 5.41. The zero-order chi connectivity index (χ0) is 20.1. The Labute approximate surface area is 166 Å². The molecule has 3 aliphatic rings. The monoisotopic (exact) mass is 399 g/mol. The van der Waals surface area contributed by atoms with Gasteiger partial charge in [0.05, 0.1) is 30.2 Å². The molecule has 1 N–H and O–H groups in total. The van der Waals surface area contributed by atoms with E-state index in [1.807, 2.05) is 13.0 Å². The smallest absolute Gasteiger partial charge is 0.228 e. The summed E-state index contributed by atoms with van der Waals surface area (Å²) in [6, 6.07) is 5.73. The van der Waals surface area contributed by atoms with Crippen LogP contribution < -0.4 is 19.7 Å². The second-order valence-corrected chi connectivity index (χ2v) is 7.34. The molecule has 1 saturated heterocycles. The summed E-state index contributed by atoms with van der Waals surface area (Å²) in [5.74, 6) is 0.0814. The molecule has 0 bridgehead atoms. The van der Waals surface area contributed by atoms with Crippen molar-refractivity contribution in [2.24, 2.45) is 4.99 Å². The summed E-state index contributed by atoms with van der Waals surface area (Å²) in [4.78, 5) is 18.0. The lowest BCUT2D eigenvalue weighted by Gasteiger charge is -2.33. The minimum absolute atomic E-state index is 0.0530. The van der Waals surface area contributed by atoms with Crippen LogP contribution in [-0.2, 0) is 11.3 Å². The first-order valence-corrected chi connectivity index (χ1v) is 9.53. The van der Waals surface area contributed by atoms with E-state index in [1.165, 1.54) is 6.07 Å². The van der Waals surface area contributed by atoms with E-state index in [-0.39, 0.29) is 17.2 Å². The lowest BCUT2D eigenvalue weighted by Crippen LogP contribution is -2.43. The van der Waals surface area contributed by atoms with Crippen molar-refractivity contribution >= 4 is 23.1 Å². The molecular weight excluding hydrogens is 380 g/mol. The average molecular weight is 399 g/mol. The molecule has 1 unspecified atom stereocenters. The maximum absolute atomic E-state index is 14.5. The van der Waals surface area contributed by atoms with Crippen LogP contribution in [0.2, 0.25) is 0 Å². The predicted molar refractivity (Wildman–Crippen MR) is 104 cm³/mol. The highest BCUT2D eigenvalue weighted by Crippen LogP contribution is 2.43. The van der Waals surface area contributed by atoms with Crippen LogP contribution in [0.4, 0.5) is 20.2 Å². The van der Waals surface area contributed by atoms with Crippen LogP contribution in [-0.4, -0.2) is 24.9 Å². The summed E-state index contributed by atoms with van der Waals surface area (Å²) in [6.45, 7) is 3.26. The number of amidine groups is 1. The maximum Gasteiger partial charge on any atom is 0.228 e. The van der Waals surface area contributed by atoms with Gasteiger partial charge in [-0.05, 0) is 13.0 Å².